The Hall–Kier alpha value is -6.20. The fourth-order valence-corrected chi connectivity index (χ4v) is 9.88. The van der Waals surface area contributed by atoms with Crippen molar-refractivity contribution in [2.24, 2.45) is 0 Å². The van der Waals surface area contributed by atoms with Gasteiger partial charge in [-0.25, -0.2) is 14.5 Å². The van der Waals surface area contributed by atoms with E-state index >= 15 is 0 Å². The number of hydrogen-bond acceptors (Lipinski definition) is 18. The number of H-pyrrole nitrogens is 1. The Kier molecular flexibility index (Phi) is 40.8. The van der Waals surface area contributed by atoms with Crippen molar-refractivity contribution < 1.29 is 81.9 Å². The molecule has 0 unspecified atom stereocenters. The van der Waals surface area contributed by atoms with E-state index in [1.54, 1.807) is 50.3 Å². The van der Waals surface area contributed by atoms with Crippen LogP contribution in [-0.4, -0.2) is 126 Å². The van der Waals surface area contributed by atoms with Gasteiger partial charge < -0.3 is 51.0 Å². The zero-order chi connectivity index (χ0) is 66.9. The largest absolute Gasteiger partial charge is 0.493 e. The molecular weight excluding hydrogens is 1440 g/mol. The third-order valence-electron chi connectivity index (χ3n) is 10.4. The molecule has 0 spiro atoms. The summed E-state index contributed by atoms with van der Waals surface area (Å²) < 4.78 is 144. The first-order chi connectivity index (χ1) is 43.2. The van der Waals surface area contributed by atoms with Gasteiger partial charge in [-0.1, -0.05) is 84.2 Å². The van der Waals surface area contributed by atoms with Crippen LogP contribution >= 0.6 is 64.0 Å². The average Bonchev–Trinajstić information content (AvgIpc) is 1.53. The molecule has 0 saturated carbocycles. The SMILES string of the molecule is BrC/C=C/CBr.CCOP(=O)(C/C=C/Cn1nc(-c2ccc(OC)c(OC(F)F)c2)ccc1=O)OCC.CCOP(OCC)OCC.COc1ccc(-c2ccc(=O)[nH]n2)cc1OC(F)F.COc1ccc(-c2ccc(=O)n(C/C=C/CBr)n2)cc1OC(F)F. The second-order valence-corrected chi connectivity index (χ2v) is 21.8. The lowest BCUT2D eigenvalue weighted by Crippen LogP contribution is -2.21. The molecule has 6 aromatic rings. The van der Waals surface area contributed by atoms with Gasteiger partial charge in [0.25, 0.3) is 16.7 Å². The highest BCUT2D eigenvalue weighted by molar-refractivity contribution is 9.09. The molecule has 3 aromatic heterocycles. The molecule has 0 aliphatic rings. The number of rotatable bonds is 31. The fourth-order valence-electron chi connectivity index (χ4n) is 6.75. The number of benzene rings is 3. The minimum atomic E-state index is -3.22. The first kappa shape index (κ1) is 79.9. The summed E-state index contributed by atoms with van der Waals surface area (Å²) in [6.45, 7) is 3.16. The van der Waals surface area contributed by atoms with Crippen molar-refractivity contribution in [2.45, 2.75) is 67.5 Å². The number of nitrogens with zero attached hydrogens (tertiary/aromatic N) is 5. The van der Waals surface area contributed by atoms with E-state index < -0.39 is 36.0 Å². The van der Waals surface area contributed by atoms with Crippen LogP contribution in [0.5, 0.6) is 34.5 Å². The third-order valence-corrected chi connectivity index (χ3v) is 14.9. The van der Waals surface area contributed by atoms with E-state index in [0.29, 0.717) is 65.5 Å². The van der Waals surface area contributed by atoms with Crippen LogP contribution < -0.4 is 45.1 Å². The lowest BCUT2D eigenvalue weighted by atomic mass is 10.1. The van der Waals surface area contributed by atoms with Gasteiger partial charge in [0.15, 0.2) is 34.5 Å². The highest BCUT2D eigenvalue weighted by atomic mass is 79.9. The quantitative estimate of drug-likeness (QED) is 0.0184. The van der Waals surface area contributed by atoms with Gasteiger partial charge >= 0.3 is 36.0 Å². The molecular formula is C58H71Br3F6N6O15P2. The molecule has 0 aliphatic heterocycles. The molecule has 0 fully saturated rings. The van der Waals surface area contributed by atoms with Crippen molar-refractivity contribution in [3.05, 3.63) is 159 Å². The molecule has 1 N–H and O–H groups in total. The summed E-state index contributed by atoms with van der Waals surface area (Å²) in [5, 5.41) is 17.2. The standard InChI is InChI=1S/C20H25F2N2O6P.C16H15BrF2N2O3.C12H10F2N2O3.C6H15O3P.C4H6Br2/c1-4-28-31(26,29-5-2)13-7-6-12-24-19(25)11-9-16(23-24)15-8-10-17(27-3)18(14-15)30-20(21)22;1-23-13-6-4-11(10-14(13)24-16(18)19)12-5-7-15(22)21(20-12)9-3-2-8-17;1-18-9-4-2-7(6-10(9)19-12(13)14)8-3-5-11(17)16-15-8;1-4-7-10(8-5-2)9-6-3;5-3-1-2-4-6/h6-11,14,20H,4-5,12-13H2,1-3H3;2-7,10,16H,8-9H2,1H3;2-6,12H,1H3,(H,16,17);4-6H2,1-3H3;1-2H,3-4H2/b7-6+;3-2+;;;2-1+. The molecule has 6 rings (SSSR count). The van der Waals surface area contributed by atoms with Crippen LogP contribution in [0.25, 0.3) is 33.8 Å². The number of allylic oxidation sites excluding steroid dienone is 6. The summed E-state index contributed by atoms with van der Waals surface area (Å²) >= 11 is 9.74. The Balaban J connectivity index is 0.000000417. The number of ether oxygens (including phenoxy) is 6. The average molecular weight is 1510 g/mol. The van der Waals surface area contributed by atoms with Gasteiger partial charge in [0.1, 0.15) is 0 Å². The van der Waals surface area contributed by atoms with E-state index in [4.69, 9.17) is 36.8 Å². The molecule has 0 amide bonds. The zero-order valence-corrected chi connectivity index (χ0v) is 56.8. The van der Waals surface area contributed by atoms with Crippen molar-refractivity contribution in [1.82, 2.24) is 29.8 Å². The van der Waals surface area contributed by atoms with Gasteiger partial charge in [0, 0.05) is 50.9 Å². The predicted molar refractivity (Wildman–Crippen MR) is 344 cm³/mol. The molecule has 3 aromatic carbocycles. The van der Waals surface area contributed by atoms with Crippen LogP contribution in [0.2, 0.25) is 0 Å². The van der Waals surface area contributed by atoms with Gasteiger partial charge in [-0.15, -0.1) is 0 Å². The van der Waals surface area contributed by atoms with Gasteiger partial charge in [-0.05, 0) is 107 Å². The predicted octanol–water partition coefficient (Wildman–Crippen LogP) is 14.5. The van der Waals surface area contributed by atoms with Gasteiger partial charge in [-0.2, -0.15) is 41.6 Å². The topological polar surface area (TPSA) is 234 Å². The second-order valence-electron chi connectivity index (χ2n) is 16.5. The zero-order valence-electron chi connectivity index (χ0n) is 50.3. The smallest absolute Gasteiger partial charge is 0.387 e. The van der Waals surface area contributed by atoms with E-state index in [-0.39, 0.29) is 77.1 Å². The first-order valence-corrected chi connectivity index (χ1v) is 33.2. The van der Waals surface area contributed by atoms with Crippen LogP contribution in [0.4, 0.5) is 26.3 Å². The van der Waals surface area contributed by atoms with E-state index in [1.165, 1.54) is 103 Å². The number of aromatic amines is 1. The highest BCUT2D eigenvalue weighted by Gasteiger charge is 2.21. The van der Waals surface area contributed by atoms with E-state index in [0.717, 1.165) is 10.7 Å². The number of alkyl halides is 9. The third kappa shape index (κ3) is 30.7. The van der Waals surface area contributed by atoms with Crippen LogP contribution in [0, 0.1) is 0 Å². The number of hydrogen-bond donors (Lipinski definition) is 1. The molecule has 0 aliphatic carbocycles. The Morgan fingerprint density at radius 2 is 0.844 bits per heavy atom. The monoisotopic (exact) mass is 1500 g/mol. The Morgan fingerprint density at radius 3 is 1.17 bits per heavy atom. The van der Waals surface area contributed by atoms with Crippen molar-refractivity contribution >= 4 is 64.0 Å². The maximum atomic E-state index is 12.7. The Labute approximate surface area is 543 Å². The minimum Gasteiger partial charge on any atom is -0.493 e. The van der Waals surface area contributed by atoms with Crippen molar-refractivity contribution in [3.8, 4) is 68.3 Å². The lowest BCUT2D eigenvalue weighted by Gasteiger charge is -2.14. The summed E-state index contributed by atoms with van der Waals surface area (Å²) in [7, 11) is -0.220. The van der Waals surface area contributed by atoms with Crippen molar-refractivity contribution in [1.29, 1.82) is 0 Å². The van der Waals surface area contributed by atoms with Crippen LogP contribution in [-0.2, 0) is 40.3 Å². The molecule has 90 heavy (non-hydrogen) atoms. The maximum absolute atomic E-state index is 12.7. The number of halogens is 9. The van der Waals surface area contributed by atoms with Crippen LogP contribution in [0.15, 0.2) is 142 Å². The fraction of sp³-hybridized carbons (Fsp3) is 0.379. The summed E-state index contributed by atoms with van der Waals surface area (Å²) in [6, 6.07) is 22.0. The molecule has 0 atom stereocenters. The molecule has 21 nitrogen and oxygen atoms in total. The Bertz CT molecular complexity index is 3300. The summed E-state index contributed by atoms with van der Waals surface area (Å²) in [5.74, 6) is 0.193. The normalized spacial score (nSPS) is 11.2. The summed E-state index contributed by atoms with van der Waals surface area (Å²) in [5.41, 5.74) is 1.83. The van der Waals surface area contributed by atoms with E-state index in [1.807, 2.05) is 26.8 Å². The van der Waals surface area contributed by atoms with Crippen LogP contribution in [0.1, 0.15) is 34.6 Å². The van der Waals surface area contributed by atoms with E-state index in [2.05, 4.69) is 94.5 Å². The Morgan fingerprint density at radius 1 is 0.489 bits per heavy atom. The number of aromatic nitrogens is 6. The number of nitrogens with one attached hydrogen (secondary N) is 1. The summed E-state index contributed by atoms with van der Waals surface area (Å²) in [6.07, 6.45) is 11.0. The van der Waals surface area contributed by atoms with Gasteiger partial charge in [-0.3, -0.25) is 18.9 Å². The van der Waals surface area contributed by atoms with Crippen molar-refractivity contribution in [3.63, 3.8) is 0 Å². The molecule has 32 heteroatoms. The summed E-state index contributed by atoms with van der Waals surface area (Å²) in [4.78, 5) is 34.9. The maximum Gasteiger partial charge on any atom is 0.387 e. The molecule has 0 bridgehead atoms. The lowest BCUT2D eigenvalue weighted by molar-refractivity contribution is -0.0518. The second kappa shape index (κ2) is 46.0. The molecule has 0 radical (unpaired) electrons. The van der Waals surface area contributed by atoms with Crippen molar-refractivity contribution in [2.75, 3.05) is 76.5 Å². The molecule has 496 valence electrons. The van der Waals surface area contributed by atoms with Gasteiger partial charge in [0.05, 0.1) is 90.7 Å². The highest BCUT2D eigenvalue weighted by Crippen LogP contribution is 2.48. The van der Waals surface area contributed by atoms with Crippen LogP contribution in [0.3, 0.4) is 0 Å². The van der Waals surface area contributed by atoms with Gasteiger partial charge in [0.2, 0.25) is 0 Å². The first-order valence-electron chi connectivity index (χ1n) is 27.0. The molecule has 0 saturated heterocycles. The minimum absolute atomic E-state index is 0.0654. The molecule has 3 heterocycles. The van der Waals surface area contributed by atoms with E-state index in [9.17, 15) is 45.3 Å². The number of methoxy groups -OCH3 is 3.